The molecule has 4 rings (SSSR count). The van der Waals surface area contributed by atoms with Crippen LogP contribution in [0.5, 0.6) is 5.88 Å². The molecule has 2 aromatic carbocycles. The Kier molecular flexibility index (Phi) is 5.70. The summed E-state index contributed by atoms with van der Waals surface area (Å²) < 4.78 is 10.9. The van der Waals surface area contributed by atoms with Crippen LogP contribution < -0.4 is 10.5 Å². The molecule has 0 bridgehead atoms. The normalized spacial score (nSPS) is 11.9. The van der Waals surface area contributed by atoms with E-state index in [1.54, 1.807) is 18.2 Å². The average Bonchev–Trinajstić information content (AvgIpc) is 3.21. The van der Waals surface area contributed by atoms with Crippen LogP contribution in [-0.4, -0.2) is 28.5 Å². The number of pyridine rings is 1. The van der Waals surface area contributed by atoms with Gasteiger partial charge in [0.1, 0.15) is 12.3 Å². The number of fused-ring (bicyclic) bond motifs is 1. The predicted molar refractivity (Wildman–Crippen MR) is 113 cm³/mol. The fourth-order valence-electron chi connectivity index (χ4n) is 3.36. The highest BCUT2D eigenvalue weighted by molar-refractivity contribution is 5.94. The second-order valence-electron chi connectivity index (χ2n) is 6.76. The number of hydrogen-bond acceptors (Lipinski definition) is 6. The minimum Gasteiger partial charge on any atom is -0.475 e. The molecule has 0 spiro atoms. The fourth-order valence-corrected chi connectivity index (χ4v) is 3.36. The Morgan fingerprint density at radius 1 is 1.13 bits per heavy atom. The maximum Gasteiger partial charge on any atom is 0.213 e. The van der Waals surface area contributed by atoms with Crippen molar-refractivity contribution >= 4 is 16.7 Å². The Morgan fingerprint density at radius 2 is 2.00 bits per heavy atom. The van der Waals surface area contributed by atoms with Gasteiger partial charge in [0.05, 0.1) is 13.2 Å². The molecule has 150 valence electrons. The third kappa shape index (κ3) is 4.01. The number of aliphatic hydroxyl groups excluding tert-OH is 1. The summed E-state index contributed by atoms with van der Waals surface area (Å²) >= 11 is 0. The van der Waals surface area contributed by atoms with Crippen molar-refractivity contribution in [3.05, 3.63) is 83.3 Å². The van der Waals surface area contributed by atoms with Crippen molar-refractivity contribution in [2.45, 2.75) is 12.5 Å². The van der Waals surface area contributed by atoms with Crippen LogP contribution in [0, 0.1) is 6.57 Å². The first-order valence-corrected chi connectivity index (χ1v) is 9.51. The van der Waals surface area contributed by atoms with Crippen molar-refractivity contribution in [1.82, 2.24) is 10.1 Å². The van der Waals surface area contributed by atoms with Gasteiger partial charge in [-0.2, -0.15) is 0 Å². The van der Waals surface area contributed by atoms with Crippen LogP contribution >= 0.6 is 0 Å². The largest absolute Gasteiger partial charge is 0.475 e. The highest BCUT2D eigenvalue weighted by Crippen LogP contribution is 2.34. The monoisotopic (exact) mass is 400 g/mol. The first-order chi connectivity index (χ1) is 14.7. The lowest BCUT2D eigenvalue weighted by Crippen LogP contribution is -2.15. The molecule has 1 atom stereocenters. The number of ether oxygens (including phenoxy) is 1. The first kappa shape index (κ1) is 19.6. The summed E-state index contributed by atoms with van der Waals surface area (Å²) in [6.45, 7) is 7.29. The van der Waals surface area contributed by atoms with E-state index in [9.17, 15) is 0 Å². The molecule has 0 aliphatic carbocycles. The second-order valence-corrected chi connectivity index (χ2v) is 6.76. The summed E-state index contributed by atoms with van der Waals surface area (Å²) in [5, 5.41) is 14.0. The van der Waals surface area contributed by atoms with Gasteiger partial charge < -0.3 is 20.1 Å². The molecule has 0 aliphatic heterocycles. The van der Waals surface area contributed by atoms with E-state index in [1.165, 1.54) is 0 Å². The zero-order valence-corrected chi connectivity index (χ0v) is 16.2. The summed E-state index contributed by atoms with van der Waals surface area (Å²) in [7, 11) is 0. The maximum atomic E-state index is 8.92. The topological polar surface area (TPSA) is 98.8 Å². The van der Waals surface area contributed by atoms with Gasteiger partial charge in [-0.25, -0.2) is 9.83 Å². The molecule has 0 amide bonds. The number of aromatic nitrogens is 2. The predicted octanol–water partition coefficient (Wildman–Crippen LogP) is 4.05. The molecule has 30 heavy (non-hydrogen) atoms. The molecule has 0 saturated carbocycles. The van der Waals surface area contributed by atoms with Crippen LogP contribution in [0.25, 0.3) is 27.1 Å². The van der Waals surface area contributed by atoms with Gasteiger partial charge in [-0.05, 0) is 17.7 Å². The van der Waals surface area contributed by atoms with Crippen LogP contribution in [0.3, 0.4) is 0 Å². The fraction of sp³-hybridized carbons (Fsp3) is 0.174. The Hall–Kier alpha value is -3.73. The minimum absolute atomic E-state index is 0.0676. The molecule has 0 aliphatic rings. The third-order valence-electron chi connectivity index (χ3n) is 4.75. The molecule has 2 aromatic heterocycles. The van der Waals surface area contributed by atoms with Gasteiger partial charge >= 0.3 is 0 Å². The average molecular weight is 400 g/mol. The summed E-state index contributed by atoms with van der Waals surface area (Å²) in [6, 6.07) is 18.3. The van der Waals surface area contributed by atoms with E-state index in [0.717, 1.165) is 22.2 Å². The van der Waals surface area contributed by atoms with Gasteiger partial charge in [-0.3, -0.25) is 0 Å². The van der Waals surface area contributed by atoms with Crippen LogP contribution in [0.2, 0.25) is 0 Å². The quantitative estimate of drug-likeness (QED) is 0.454. The molecule has 0 unspecified atom stereocenters. The van der Waals surface area contributed by atoms with Crippen molar-refractivity contribution in [3.63, 3.8) is 0 Å². The van der Waals surface area contributed by atoms with Crippen molar-refractivity contribution in [3.8, 4) is 17.1 Å². The summed E-state index contributed by atoms with van der Waals surface area (Å²) in [6.07, 6.45) is 0.505. The number of nitrogens with two attached hydrogens (primary N) is 1. The number of aliphatic hydroxyl groups is 1. The summed E-state index contributed by atoms with van der Waals surface area (Å²) in [4.78, 5) is 7.89. The Labute approximate surface area is 173 Å². The molecular weight excluding hydrogens is 380 g/mol. The van der Waals surface area contributed by atoms with Gasteiger partial charge in [0, 0.05) is 35.2 Å². The highest BCUT2D eigenvalue weighted by Gasteiger charge is 2.18. The van der Waals surface area contributed by atoms with Gasteiger partial charge in [0.15, 0.2) is 11.3 Å². The smallest absolute Gasteiger partial charge is 0.213 e. The summed E-state index contributed by atoms with van der Waals surface area (Å²) in [5.41, 5.74) is 10.9. The Bertz CT molecular complexity index is 1210. The van der Waals surface area contributed by atoms with E-state index in [2.05, 4.69) is 15.0 Å². The zero-order valence-electron chi connectivity index (χ0n) is 16.2. The maximum absolute atomic E-state index is 8.92. The number of nitrogens with zero attached hydrogens (tertiary/aromatic N) is 3. The molecular formula is C23H20N4O3. The molecule has 2 heterocycles. The van der Waals surface area contributed by atoms with Crippen LogP contribution in [0.15, 0.2) is 65.2 Å². The first-order valence-electron chi connectivity index (χ1n) is 9.51. The number of benzene rings is 2. The SMILES string of the molecule is [C-]#[N+]c1ccc2c(-c3ccccc3[C@@H](N)Cc3cccc(OCCO)n3)noc2c1. The molecule has 0 fully saturated rings. The standard InChI is InChI=1S/C23H20N4O3/c1-25-15-9-10-19-21(14-15)30-27-23(19)18-7-3-2-6-17(18)20(24)13-16-5-4-8-22(26-16)29-12-11-28/h2-10,14,20,28H,11-13,24H2/t20-/m0/s1. The van der Waals surface area contributed by atoms with Crippen LogP contribution in [-0.2, 0) is 6.42 Å². The van der Waals surface area contributed by atoms with Gasteiger partial charge in [0.2, 0.25) is 5.88 Å². The molecule has 3 N–H and O–H groups in total. The molecule has 0 saturated heterocycles. The van der Waals surface area contributed by atoms with Crippen molar-refractivity contribution < 1.29 is 14.4 Å². The van der Waals surface area contributed by atoms with E-state index < -0.39 is 0 Å². The molecule has 7 heteroatoms. The lowest BCUT2D eigenvalue weighted by molar-refractivity contribution is 0.196. The second kappa shape index (κ2) is 8.74. The molecule has 7 nitrogen and oxygen atoms in total. The van der Waals surface area contributed by atoms with E-state index in [0.29, 0.717) is 29.3 Å². The van der Waals surface area contributed by atoms with Crippen LogP contribution in [0.1, 0.15) is 17.3 Å². The Balaban J connectivity index is 1.65. The number of rotatable bonds is 7. The van der Waals surface area contributed by atoms with Gasteiger partial charge in [-0.15, -0.1) is 0 Å². The summed E-state index contributed by atoms with van der Waals surface area (Å²) in [5.74, 6) is 0.458. The van der Waals surface area contributed by atoms with E-state index in [1.807, 2.05) is 42.5 Å². The van der Waals surface area contributed by atoms with E-state index in [4.69, 9.17) is 26.7 Å². The highest BCUT2D eigenvalue weighted by atomic mass is 16.5. The Morgan fingerprint density at radius 3 is 2.83 bits per heavy atom. The van der Waals surface area contributed by atoms with E-state index >= 15 is 0 Å². The van der Waals surface area contributed by atoms with Gasteiger partial charge in [0.25, 0.3) is 0 Å². The lowest BCUT2D eigenvalue weighted by Gasteiger charge is -2.16. The van der Waals surface area contributed by atoms with Crippen molar-refractivity contribution in [2.75, 3.05) is 13.2 Å². The van der Waals surface area contributed by atoms with Crippen LogP contribution in [0.4, 0.5) is 5.69 Å². The lowest BCUT2D eigenvalue weighted by atomic mass is 9.94. The van der Waals surface area contributed by atoms with Crippen molar-refractivity contribution in [1.29, 1.82) is 0 Å². The molecule has 0 radical (unpaired) electrons. The molecule has 4 aromatic rings. The third-order valence-corrected chi connectivity index (χ3v) is 4.75. The zero-order chi connectivity index (χ0) is 20.9. The van der Waals surface area contributed by atoms with E-state index in [-0.39, 0.29) is 19.3 Å². The number of hydrogen-bond donors (Lipinski definition) is 2. The van der Waals surface area contributed by atoms with Gasteiger partial charge in [-0.1, -0.05) is 47.6 Å². The van der Waals surface area contributed by atoms with Crippen molar-refractivity contribution in [2.24, 2.45) is 5.73 Å². The minimum atomic E-state index is -0.323.